The quantitative estimate of drug-likeness (QED) is 0.886. The van der Waals surface area contributed by atoms with Crippen LogP contribution in [0.15, 0.2) is 12.1 Å². The molecule has 0 aliphatic carbocycles. The predicted molar refractivity (Wildman–Crippen MR) is 75.6 cm³/mol. The third-order valence-electron chi connectivity index (χ3n) is 3.66. The second-order valence-corrected chi connectivity index (χ2v) is 6.48. The van der Waals surface area contributed by atoms with E-state index in [0.717, 1.165) is 19.1 Å². The lowest BCUT2D eigenvalue weighted by Gasteiger charge is -2.37. The standard InChI is InChI=1S/C14H24N2S/c1-4-15-13-7-8-16(11(2)9-13)10-14-6-5-12(3)17-14/h5-6,11,13,15H,4,7-10H2,1-3H3. The third kappa shape index (κ3) is 3.54. The fourth-order valence-corrected chi connectivity index (χ4v) is 3.62. The Morgan fingerprint density at radius 1 is 1.47 bits per heavy atom. The summed E-state index contributed by atoms with van der Waals surface area (Å²) < 4.78 is 0. The van der Waals surface area contributed by atoms with Crippen LogP contribution in [0.1, 0.15) is 36.4 Å². The van der Waals surface area contributed by atoms with Gasteiger partial charge in [-0.2, -0.15) is 0 Å². The smallest absolute Gasteiger partial charge is 0.0330 e. The van der Waals surface area contributed by atoms with Gasteiger partial charge in [0.15, 0.2) is 0 Å². The fourth-order valence-electron chi connectivity index (χ4n) is 2.70. The van der Waals surface area contributed by atoms with Crippen molar-refractivity contribution in [3.8, 4) is 0 Å². The summed E-state index contributed by atoms with van der Waals surface area (Å²) in [5, 5.41) is 3.58. The van der Waals surface area contributed by atoms with Crippen molar-refractivity contribution >= 4 is 11.3 Å². The Morgan fingerprint density at radius 2 is 2.29 bits per heavy atom. The molecule has 2 nitrogen and oxygen atoms in total. The molecule has 1 aromatic heterocycles. The summed E-state index contributed by atoms with van der Waals surface area (Å²) in [7, 11) is 0. The lowest BCUT2D eigenvalue weighted by molar-refractivity contribution is 0.130. The van der Waals surface area contributed by atoms with E-state index in [1.807, 2.05) is 11.3 Å². The van der Waals surface area contributed by atoms with Crippen molar-refractivity contribution < 1.29 is 0 Å². The summed E-state index contributed by atoms with van der Waals surface area (Å²) in [4.78, 5) is 5.56. The van der Waals surface area contributed by atoms with Crippen molar-refractivity contribution in [1.82, 2.24) is 10.2 Å². The van der Waals surface area contributed by atoms with Crippen LogP contribution in [-0.2, 0) is 6.54 Å². The molecule has 0 amide bonds. The first-order chi connectivity index (χ1) is 8.19. The van der Waals surface area contributed by atoms with Crippen molar-refractivity contribution in [2.24, 2.45) is 0 Å². The van der Waals surface area contributed by atoms with E-state index in [9.17, 15) is 0 Å². The molecule has 1 fully saturated rings. The van der Waals surface area contributed by atoms with E-state index in [1.54, 1.807) is 0 Å². The van der Waals surface area contributed by atoms with Crippen LogP contribution in [0, 0.1) is 6.92 Å². The Balaban J connectivity index is 1.87. The van der Waals surface area contributed by atoms with E-state index < -0.39 is 0 Å². The second-order valence-electron chi connectivity index (χ2n) is 5.11. The van der Waals surface area contributed by atoms with Crippen LogP contribution in [0.2, 0.25) is 0 Å². The summed E-state index contributed by atoms with van der Waals surface area (Å²) >= 11 is 1.94. The number of nitrogens with zero attached hydrogens (tertiary/aromatic N) is 1. The van der Waals surface area contributed by atoms with Crippen LogP contribution in [0.3, 0.4) is 0 Å². The Labute approximate surface area is 109 Å². The van der Waals surface area contributed by atoms with Gasteiger partial charge in [0.1, 0.15) is 0 Å². The van der Waals surface area contributed by atoms with Crippen molar-refractivity contribution in [2.75, 3.05) is 13.1 Å². The molecular formula is C14H24N2S. The molecule has 0 radical (unpaired) electrons. The molecule has 2 unspecified atom stereocenters. The van der Waals surface area contributed by atoms with E-state index in [2.05, 4.69) is 43.1 Å². The van der Waals surface area contributed by atoms with E-state index in [4.69, 9.17) is 0 Å². The van der Waals surface area contributed by atoms with Gasteiger partial charge in [-0.25, -0.2) is 0 Å². The number of nitrogens with one attached hydrogen (secondary N) is 1. The van der Waals surface area contributed by atoms with Gasteiger partial charge in [-0.15, -0.1) is 11.3 Å². The second kappa shape index (κ2) is 5.98. The highest BCUT2D eigenvalue weighted by atomic mass is 32.1. The molecule has 1 aromatic rings. The molecule has 2 atom stereocenters. The lowest BCUT2D eigenvalue weighted by atomic mass is 9.98. The van der Waals surface area contributed by atoms with Crippen LogP contribution in [0.25, 0.3) is 0 Å². The predicted octanol–water partition coefficient (Wildman–Crippen LogP) is 3.02. The van der Waals surface area contributed by atoms with Gasteiger partial charge in [0.25, 0.3) is 0 Å². The molecule has 96 valence electrons. The molecule has 1 aliphatic rings. The first-order valence-electron chi connectivity index (χ1n) is 6.71. The van der Waals surface area contributed by atoms with Gasteiger partial charge in [0, 0.05) is 34.9 Å². The highest BCUT2D eigenvalue weighted by molar-refractivity contribution is 7.11. The van der Waals surface area contributed by atoms with Gasteiger partial charge in [0.2, 0.25) is 0 Å². The van der Waals surface area contributed by atoms with Crippen LogP contribution < -0.4 is 5.32 Å². The van der Waals surface area contributed by atoms with Crippen molar-refractivity contribution in [1.29, 1.82) is 0 Å². The summed E-state index contributed by atoms with van der Waals surface area (Å²) in [5.74, 6) is 0. The normalized spacial score (nSPS) is 26.3. The van der Waals surface area contributed by atoms with Gasteiger partial charge in [-0.05, 0) is 45.4 Å². The maximum atomic E-state index is 3.58. The zero-order valence-electron chi connectivity index (χ0n) is 11.2. The molecule has 1 aliphatic heterocycles. The molecule has 0 aromatic carbocycles. The number of aryl methyl sites for hydroxylation is 1. The average molecular weight is 252 g/mol. The molecule has 17 heavy (non-hydrogen) atoms. The average Bonchev–Trinajstić information content (AvgIpc) is 2.69. The molecule has 2 rings (SSSR count). The highest BCUT2D eigenvalue weighted by Gasteiger charge is 2.24. The molecule has 3 heteroatoms. The molecular weight excluding hydrogens is 228 g/mol. The number of likely N-dealkylation sites (tertiary alicyclic amines) is 1. The minimum Gasteiger partial charge on any atom is -0.314 e. The first kappa shape index (κ1) is 13.1. The van der Waals surface area contributed by atoms with Gasteiger partial charge in [-0.3, -0.25) is 4.90 Å². The number of thiophene rings is 1. The molecule has 1 saturated heterocycles. The SMILES string of the molecule is CCNC1CCN(Cc2ccc(C)s2)C(C)C1. The fraction of sp³-hybridized carbons (Fsp3) is 0.714. The molecule has 2 heterocycles. The van der Waals surface area contributed by atoms with Crippen molar-refractivity contribution in [2.45, 2.75) is 52.2 Å². The van der Waals surface area contributed by atoms with E-state index >= 15 is 0 Å². The maximum Gasteiger partial charge on any atom is 0.0330 e. The van der Waals surface area contributed by atoms with Gasteiger partial charge in [-0.1, -0.05) is 6.92 Å². The van der Waals surface area contributed by atoms with Gasteiger partial charge >= 0.3 is 0 Å². The number of hydrogen-bond acceptors (Lipinski definition) is 3. The Bertz CT molecular complexity index is 348. The topological polar surface area (TPSA) is 15.3 Å². The monoisotopic (exact) mass is 252 g/mol. The minimum atomic E-state index is 0.704. The molecule has 0 saturated carbocycles. The lowest BCUT2D eigenvalue weighted by Crippen LogP contribution is -2.46. The minimum absolute atomic E-state index is 0.704. The summed E-state index contributed by atoms with van der Waals surface area (Å²) in [6, 6.07) is 5.95. The van der Waals surface area contributed by atoms with Crippen molar-refractivity contribution in [3.05, 3.63) is 21.9 Å². The Hall–Kier alpha value is -0.380. The summed E-state index contributed by atoms with van der Waals surface area (Å²) in [6.45, 7) is 10.2. The van der Waals surface area contributed by atoms with Crippen LogP contribution in [0.5, 0.6) is 0 Å². The number of hydrogen-bond donors (Lipinski definition) is 1. The number of rotatable bonds is 4. The summed E-state index contributed by atoms with van der Waals surface area (Å²) in [6.07, 6.45) is 2.58. The zero-order valence-corrected chi connectivity index (χ0v) is 12.0. The molecule has 0 bridgehead atoms. The van der Waals surface area contributed by atoms with E-state index in [-0.39, 0.29) is 0 Å². The number of piperidine rings is 1. The van der Waals surface area contributed by atoms with Gasteiger partial charge < -0.3 is 5.32 Å². The van der Waals surface area contributed by atoms with Crippen LogP contribution in [0.4, 0.5) is 0 Å². The Morgan fingerprint density at radius 3 is 2.88 bits per heavy atom. The van der Waals surface area contributed by atoms with Crippen molar-refractivity contribution in [3.63, 3.8) is 0 Å². The zero-order chi connectivity index (χ0) is 12.3. The summed E-state index contributed by atoms with van der Waals surface area (Å²) in [5.41, 5.74) is 0. The van der Waals surface area contributed by atoms with Crippen LogP contribution >= 0.6 is 11.3 Å². The highest BCUT2D eigenvalue weighted by Crippen LogP contribution is 2.23. The maximum absolute atomic E-state index is 3.58. The van der Waals surface area contributed by atoms with E-state index in [1.165, 1.54) is 29.1 Å². The van der Waals surface area contributed by atoms with Gasteiger partial charge in [0.05, 0.1) is 0 Å². The largest absolute Gasteiger partial charge is 0.314 e. The van der Waals surface area contributed by atoms with E-state index in [0.29, 0.717) is 6.04 Å². The van der Waals surface area contributed by atoms with Crippen LogP contribution in [-0.4, -0.2) is 30.1 Å². The first-order valence-corrected chi connectivity index (χ1v) is 7.53. The third-order valence-corrected chi connectivity index (χ3v) is 4.65. The molecule has 0 spiro atoms. The molecule has 1 N–H and O–H groups in total. The Kier molecular flexibility index (Phi) is 4.60.